The Kier molecular flexibility index (Phi) is 5.39. The molecule has 0 N–H and O–H groups in total. The van der Waals surface area contributed by atoms with E-state index in [2.05, 4.69) is 45.6 Å². The summed E-state index contributed by atoms with van der Waals surface area (Å²) >= 11 is 0. The minimum absolute atomic E-state index is 0.690. The molecule has 4 nitrogen and oxygen atoms in total. The van der Waals surface area contributed by atoms with Gasteiger partial charge in [-0.2, -0.15) is 0 Å². The van der Waals surface area contributed by atoms with Crippen LogP contribution >= 0.6 is 0 Å². The van der Waals surface area contributed by atoms with Gasteiger partial charge >= 0.3 is 0 Å². The summed E-state index contributed by atoms with van der Waals surface area (Å²) in [7, 11) is 4.07. The van der Waals surface area contributed by atoms with E-state index in [4.69, 9.17) is 4.74 Å². The highest BCUT2D eigenvalue weighted by molar-refractivity contribution is 5.61. The van der Waals surface area contributed by atoms with Gasteiger partial charge in [0.15, 0.2) is 0 Å². The highest BCUT2D eigenvalue weighted by atomic mass is 16.5. The predicted octanol–water partition coefficient (Wildman–Crippen LogP) is 4.39. The Morgan fingerprint density at radius 3 is 2.60 bits per heavy atom. The summed E-state index contributed by atoms with van der Waals surface area (Å²) in [5.74, 6) is 0.915. The summed E-state index contributed by atoms with van der Waals surface area (Å²) in [6, 6.07) is 18.5. The van der Waals surface area contributed by atoms with Crippen LogP contribution in [-0.4, -0.2) is 30.3 Å². The molecule has 1 aromatic heterocycles. The molecule has 0 aliphatic rings. The maximum atomic E-state index is 5.89. The third kappa shape index (κ3) is 4.21. The SMILES string of the molecule is Cc1c(-c2ccccc2)ncn1CCCOc1cccc(N(C)C)c1. The molecule has 0 saturated carbocycles. The maximum absolute atomic E-state index is 5.89. The van der Waals surface area contributed by atoms with Crippen molar-refractivity contribution in [2.45, 2.75) is 19.9 Å². The van der Waals surface area contributed by atoms with Crippen LogP contribution in [0.2, 0.25) is 0 Å². The second-order valence-corrected chi connectivity index (χ2v) is 6.33. The number of rotatable bonds is 7. The van der Waals surface area contributed by atoms with E-state index in [1.807, 2.05) is 50.8 Å². The van der Waals surface area contributed by atoms with Gasteiger partial charge in [-0.05, 0) is 25.5 Å². The van der Waals surface area contributed by atoms with Crippen molar-refractivity contribution in [1.82, 2.24) is 9.55 Å². The first-order chi connectivity index (χ1) is 12.1. The van der Waals surface area contributed by atoms with Crippen LogP contribution in [0.15, 0.2) is 60.9 Å². The van der Waals surface area contributed by atoms with Crippen LogP contribution in [0.4, 0.5) is 5.69 Å². The van der Waals surface area contributed by atoms with Gasteiger partial charge in [-0.25, -0.2) is 4.98 Å². The van der Waals surface area contributed by atoms with Crippen LogP contribution in [0.5, 0.6) is 5.75 Å². The molecule has 0 aliphatic carbocycles. The topological polar surface area (TPSA) is 30.3 Å². The molecule has 0 amide bonds. The van der Waals surface area contributed by atoms with E-state index in [-0.39, 0.29) is 0 Å². The highest BCUT2D eigenvalue weighted by Crippen LogP contribution is 2.22. The van der Waals surface area contributed by atoms with Crippen LogP contribution in [0, 0.1) is 6.92 Å². The van der Waals surface area contributed by atoms with Crippen LogP contribution in [0.25, 0.3) is 11.3 Å². The van der Waals surface area contributed by atoms with Crippen molar-refractivity contribution in [2.24, 2.45) is 0 Å². The zero-order valence-electron chi connectivity index (χ0n) is 15.1. The van der Waals surface area contributed by atoms with Crippen molar-refractivity contribution in [3.05, 3.63) is 66.6 Å². The lowest BCUT2D eigenvalue weighted by atomic mass is 10.1. The fraction of sp³-hybridized carbons (Fsp3) is 0.286. The Balaban J connectivity index is 1.55. The van der Waals surface area contributed by atoms with Gasteiger partial charge in [0.1, 0.15) is 5.75 Å². The summed E-state index contributed by atoms with van der Waals surface area (Å²) in [6.07, 6.45) is 2.86. The second kappa shape index (κ2) is 7.88. The van der Waals surface area contributed by atoms with E-state index in [9.17, 15) is 0 Å². The number of imidazole rings is 1. The molecule has 0 fully saturated rings. The predicted molar refractivity (Wildman–Crippen MR) is 103 cm³/mol. The average Bonchev–Trinajstić information content (AvgIpc) is 3.00. The fourth-order valence-electron chi connectivity index (χ4n) is 2.82. The monoisotopic (exact) mass is 335 g/mol. The number of hydrogen-bond acceptors (Lipinski definition) is 3. The van der Waals surface area contributed by atoms with Crippen molar-refractivity contribution < 1.29 is 4.74 Å². The van der Waals surface area contributed by atoms with Crippen LogP contribution in [0.3, 0.4) is 0 Å². The zero-order valence-corrected chi connectivity index (χ0v) is 15.1. The summed E-state index contributed by atoms with van der Waals surface area (Å²) in [6.45, 7) is 3.71. The number of hydrogen-bond donors (Lipinski definition) is 0. The molecule has 130 valence electrons. The summed E-state index contributed by atoms with van der Waals surface area (Å²) in [4.78, 5) is 6.65. The average molecular weight is 335 g/mol. The van der Waals surface area contributed by atoms with Gasteiger partial charge in [-0.1, -0.05) is 36.4 Å². The smallest absolute Gasteiger partial charge is 0.121 e. The Morgan fingerprint density at radius 2 is 1.84 bits per heavy atom. The Hall–Kier alpha value is -2.75. The lowest BCUT2D eigenvalue weighted by molar-refractivity contribution is 0.301. The molecule has 2 aromatic carbocycles. The van der Waals surface area contributed by atoms with E-state index in [0.29, 0.717) is 6.61 Å². The molecular weight excluding hydrogens is 310 g/mol. The molecule has 0 saturated heterocycles. The minimum Gasteiger partial charge on any atom is -0.493 e. The van der Waals surface area contributed by atoms with E-state index in [1.165, 1.54) is 5.69 Å². The molecule has 0 atom stereocenters. The van der Waals surface area contributed by atoms with Gasteiger partial charge < -0.3 is 14.2 Å². The fourth-order valence-corrected chi connectivity index (χ4v) is 2.82. The van der Waals surface area contributed by atoms with Gasteiger partial charge in [0.2, 0.25) is 0 Å². The first-order valence-corrected chi connectivity index (χ1v) is 8.62. The van der Waals surface area contributed by atoms with Crippen LogP contribution in [-0.2, 0) is 6.54 Å². The maximum Gasteiger partial charge on any atom is 0.121 e. The molecule has 3 aromatic rings. The van der Waals surface area contributed by atoms with Crippen molar-refractivity contribution >= 4 is 5.69 Å². The molecule has 25 heavy (non-hydrogen) atoms. The molecular formula is C21H25N3O. The third-order valence-corrected chi connectivity index (χ3v) is 4.29. The normalized spacial score (nSPS) is 10.7. The standard InChI is InChI=1S/C21H25N3O/c1-17-21(18-9-5-4-6-10-18)22-16-24(17)13-8-14-25-20-12-7-11-19(15-20)23(2)3/h4-7,9-12,15-16H,8,13-14H2,1-3H3. The first-order valence-electron chi connectivity index (χ1n) is 8.62. The Labute approximate surface area is 149 Å². The lowest BCUT2D eigenvalue weighted by Gasteiger charge is -2.14. The molecule has 1 heterocycles. The minimum atomic E-state index is 0.690. The third-order valence-electron chi connectivity index (χ3n) is 4.29. The number of anilines is 1. The number of ether oxygens (including phenoxy) is 1. The summed E-state index contributed by atoms with van der Waals surface area (Å²) < 4.78 is 8.09. The van der Waals surface area contributed by atoms with Crippen LogP contribution < -0.4 is 9.64 Å². The molecule has 4 heteroatoms. The lowest BCUT2D eigenvalue weighted by Crippen LogP contribution is -2.09. The van der Waals surface area contributed by atoms with Gasteiger partial charge in [-0.15, -0.1) is 0 Å². The van der Waals surface area contributed by atoms with Gasteiger partial charge in [0.05, 0.1) is 18.6 Å². The van der Waals surface area contributed by atoms with Gasteiger partial charge in [0.25, 0.3) is 0 Å². The van der Waals surface area contributed by atoms with Crippen molar-refractivity contribution in [1.29, 1.82) is 0 Å². The van der Waals surface area contributed by atoms with Crippen molar-refractivity contribution in [3.8, 4) is 17.0 Å². The van der Waals surface area contributed by atoms with Crippen LogP contribution in [0.1, 0.15) is 12.1 Å². The number of benzene rings is 2. The molecule has 3 rings (SSSR count). The Bertz CT molecular complexity index is 809. The summed E-state index contributed by atoms with van der Waals surface area (Å²) in [5, 5.41) is 0. The number of nitrogens with zero attached hydrogens (tertiary/aromatic N) is 3. The second-order valence-electron chi connectivity index (χ2n) is 6.33. The van der Waals surface area contributed by atoms with E-state index < -0.39 is 0 Å². The number of aromatic nitrogens is 2. The largest absolute Gasteiger partial charge is 0.493 e. The molecule has 0 aliphatic heterocycles. The van der Waals surface area contributed by atoms with Crippen molar-refractivity contribution in [2.75, 3.05) is 25.6 Å². The molecule has 0 unspecified atom stereocenters. The first kappa shape index (κ1) is 17.1. The molecule has 0 bridgehead atoms. The van der Waals surface area contributed by atoms with E-state index in [1.54, 1.807) is 0 Å². The summed E-state index contributed by atoms with van der Waals surface area (Å²) in [5.41, 5.74) is 4.56. The highest BCUT2D eigenvalue weighted by Gasteiger charge is 2.08. The molecule has 0 radical (unpaired) electrons. The van der Waals surface area contributed by atoms with Gasteiger partial charge in [-0.3, -0.25) is 0 Å². The zero-order chi connectivity index (χ0) is 17.6. The molecule has 0 spiro atoms. The van der Waals surface area contributed by atoms with E-state index in [0.717, 1.165) is 35.7 Å². The van der Waals surface area contributed by atoms with E-state index >= 15 is 0 Å². The van der Waals surface area contributed by atoms with Crippen molar-refractivity contribution in [3.63, 3.8) is 0 Å². The quantitative estimate of drug-likeness (QED) is 0.600. The van der Waals surface area contributed by atoms with Gasteiger partial charge in [0, 0.05) is 43.7 Å². The number of aryl methyl sites for hydroxylation is 1. The Morgan fingerprint density at radius 1 is 1.04 bits per heavy atom.